The summed E-state index contributed by atoms with van der Waals surface area (Å²) in [6, 6.07) is 12.5. The second kappa shape index (κ2) is 4.36. The van der Waals surface area contributed by atoms with Crippen LogP contribution in [-0.4, -0.2) is 18.4 Å². The molecule has 2 aromatic heterocycles. The zero-order valence-electron chi connectivity index (χ0n) is 9.67. The summed E-state index contributed by atoms with van der Waals surface area (Å²) >= 11 is 0. The molecule has 6 heteroatoms. The summed E-state index contributed by atoms with van der Waals surface area (Å²) < 4.78 is 23.6. The first-order valence-corrected chi connectivity index (χ1v) is 7.85. The Bertz CT molecular complexity index is 841. The number of nitrogens with one attached hydrogen (secondary N) is 1. The van der Waals surface area contributed by atoms with E-state index in [0.29, 0.717) is 16.7 Å². The Morgan fingerprint density at radius 1 is 1.05 bits per heavy atom. The molecule has 1 N–H and O–H groups in total. The highest BCUT2D eigenvalue weighted by molar-refractivity contribution is 8.14. The highest BCUT2D eigenvalue weighted by Gasteiger charge is 2.23. The maximum absolute atomic E-state index is 11.8. The number of nitrogens with zero attached hydrogens (tertiary/aromatic N) is 1. The summed E-state index contributed by atoms with van der Waals surface area (Å²) in [5.74, 6) is 0. The van der Waals surface area contributed by atoms with Gasteiger partial charge in [-0.25, -0.2) is 13.4 Å². The molecule has 0 radical (unpaired) electrons. The van der Waals surface area contributed by atoms with Crippen LogP contribution in [0.15, 0.2) is 53.6 Å². The maximum atomic E-state index is 11.8. The molecule has 0 saturated carbocycles. The van der Waals surface area contributed by atoms with Gasteiger partial charge in [0.25, 0.3) is 9.05 Å². The van der Waals surface area contributed by atoms with Crippen LogP contribution in [0.3, 0.4) is 0 Å². The van der Waals surface area contributed by atoms with Crippen LogP contribution in [0.25, 0.3) is 22.3 Å². The van der Waals surface area contributed by atoms with Crippen LogP contribution in [0.4, 0.5) is 0 Å². The van der Waals surface area contributed by atoms with Crippen molar-refractivity contribution in [2.75, 3.05) is 0 Å². The van der Waals surface area contributed by atoms with E-state index >= 15 is 0 Å². The Morgan fingerprint density at radius 2 is 1.79 bits per heavy atom. The molecule has 0 spiro atoms. The largest absolute Gasteiger partial charge is 0.338 e. The average Bonchev–Trinajstić information content (AvgIpc) is 2.79. The van der Waals surface area contributed by atoms with Crippen LogP contribution in [0.5, 0.6) is 0 Å². The first-order chi connectivity index (χ1) is 9.07. The van der Waals surface area contributed by atoms with Crippen LogP contribution in [0, 0.1) is 0 Å². The van der Waals surface area contributed by atoms with E-state index in [1.165, 1.54) is 0 Å². The fraction of sp³-hybridized carbons (Fsp3) is 0. The third kappa shape index (κ3) is 2.11. The Hall–Kier alpha value is -1.85. The predicted molar refractivity (Wildman–Crippen MR) is 74.6 cm³/mol. The van der Waals surface area contributed by atoms with E-state index in [2.05, 4.69) is 9.97 Å². The normalized spacial score (nSPS) is 11.8. The smallest absolute Gasteiger partial charge is 0.264 e. The second-order valence-corrected chi connectivity index (χ2v) is 6.54. The second-order valence-electron chi connectivity index (χ2n) is 4.03. The first kappa shape index (κ1) is 12.2. The summed E-state index contributed by atoms with van der Waals surface area (Å²) in [6.45, 7) is 0. The molecule has 2 heterocycles. The van der Waals surface area contributed by atoms with Gasteiger partial charge in [-0.05, 0) is 17.7 Å². The van der Waals surface area contributed by atoms with Gasteiger partial charge in [-0.1, -0.05) is 30.3 Å². The van der Waals surface area contributed by atoms with Crippen molar-refractivity contribution in [1.29, 1.82) is 0 Å². The molecule has 96 valence electrons. The Balaban J connectivity index is 2.43. The molecule has 0 aliphatic rings. The van der Waals surface area contributed by atoms with Gasteiger partial charge in [0.1, 0.15) is 10.5 Å². The molecule has 0 aliphatic heterocycles. The van der Waals surface area contributed by atoms with E-state index < -0.39 is 9.05 Å². The van der Waals surface area contributed by atoms with Crippen molar-refractivity contribution in [3.05, 3.63) is 48.7 Å². The van der Waals surface area contributed by atoms with Crippen molar-refractivity contribution < 1.29 is 8.42 Å². The highest BCUT2D eigenvalue weighted by atomic mass is 35.7. The third-order valence-electron chi connectivity index (χ3n) is 2.83. The lowest BCUT2D eigenvalue weighted by molar-refractivity contribution is 0.610. The highest BCUT2D eigenvalue weighted by Crippen LogP contribution is 2.34. The number of aromatic nitrogens is 2. The van der Waals surface area contributed by atoms with E-state index in [-0.39, 0.29) is 4.90 Å². The number of pyridine rings is 1. The number of fused-ring (bicyclic) bond motifs is 1. The molecule has 3 aromatic rings. The Morgan fingerprint density at radius 3 is 2.47 bits per heavy atom. The SMILES string of the molecule is O=S(=O)(Cl)c1c(-c2ccccc2)[nH]c2ncccc12. The summed E-state index contributed by atoms with van der Waals surface area (Å²) in [5, 5.41) is 0.497. The van der Waals surface area contributed by atoms with E-state index in [1.807, 2.05) is 30.3 Å². The molecule has 0 saturated heterocycles. The number of aromatic amines is 1. The van der Waals surface area contributed by atoms with Gasteiger partial charge in [-0.3, -0.25) is 0 Å². The summed E-state index contributed by atoms with van der Waals surface area (Å²) in [7, 11) is 1.69. The molecule has 1 aromatic carbocycles. The van der Waals surface area contributed by atoms with Crippen LogP contribution in [0.1, 0.15) is 0 Å². The molecule has 0 amide bonds. The van der Waals surface area contributed by atoms with Crippen molar-refractivity contribution >= 4 is 30.8 Å². The average molecular weight is 293 g/mol. The molecule has 0 atom stereocenters. The number of hydrogen-bond donors (Lipinski definition) is 1. The fourth-order valence-corrected chi connectivity index (χ4v) is 3.38. The summed E-state index contributed by atoms with van der Waals surface area (Å²) in [6.07, 6.45) is 1.60. The third-order valence-corrected chi connectivity index (χ3v) is 4.20. The topological polar surface area (TPSA) is 62.8 Å². The minimum Gasteiger partial charge on any atom is -0.338 e. The lowest BCUT2D eigenvalue weighted by Crippen LogP contribution is -1.92. The minimum atomic E-state index is -3.86. The van der Waals surface area contributed by atoms with E-state index in [4.69, 9.17) is 10.7 Å². The standard InChI is InChI=1S/C13H9ClN2O2S/c14-19(17,18)12-10-7-4-8-15-13(10)16-11(12)9-5-2-1-3-6-9/h1-8H,(H,15,16). The predicted octanol–water partition coefficient (Wildman–Crippen LogP) is 3.16. The van der Waals surface area contributed by atoms with Gasteiger partial charge in [-0.15, -0.1) is 0 Å². The van der Waals surface area contributed by atoms with E-state index in [9.17, 15) is 8.42 Å². The lowest BCUT2D eigenvalue weighted by Gasteiger charge is -2.01. The first-order valence-electron chi connectivity index (χ1n) is 5.54. The zero-order valence-corrected chi connectivity index (χ0v) is 11.2. The van der Waals surface area contributed by atoms with Crippen molar-refractivity contribution in [3.63, 3.8) is 0 Å². The van der Waals surface area contributed by atoms with Crippen molar-refractivity contribution in [2.45, 2.75) is 4.90 Å². The molecule has 0 bridgehead atoms. The molecule has 4 nitrogen and oxygen atoms in total. The summed E-state index contributed by atoms with van der Waals surface area (Å²) in [4.78, 5) is 7.21. The van der Waals surface area contributed by atoms with Crippen molar-refractivity contribution in [2.24, 2.45) is 0 Å². The Kier molecular flexibility index (Phi) is 2.80. The van der Waals surface area contributed by atoms with Crippen LogP contribution in [0.2, 0.25) is 0 Å². The van der Waals surface area contributed by atoms with Gasteiger partial charge in [0, 0.05) is 22.3 Å². The maximum Gasteiger partial charge on any atom is 0.264 e. The number of benzene rings is 1. The van der Waals surface area contributed by atoms with Gasteiger partial charge in [-0.2, -0.15) is 0 Å². The molecule has 0 unspecified atom stereocenters. The molecular weight excluding hydrogens is 284 g/mol. The van der Waals surface area contributed by atoms with Crippen molar-refractivity contribution in [3.8, 4) is 11.3 Å². The number of H-pyrrole nitrogens is 1. The minimum absolute atomic E-state index is 0.0727. The number of halogens is 1. The zero-order chi connectivity index (χ0) is 13.5. The molecular formula is C13H9ClN2O2S. The monoisotopic (exact) mass is 292 g/mol. The fourth-order valence-electron chi connectivity index (χ4n) is 2.06. The van der Waals surface area contributed by atoms with E-state index in [1.54, 1.807) is 18.3 Å². The summed E-state index contributed by atoms with van der Waals surface area (Å²) in [5.41, 5.74) is 1.71. The quantitative estimate of drug-likeness (QED) is 0.738. The van der Waals surface area contributed by atoms with Crippen LogP contribution in [-0.2, 0) is 9.05 Å². The molecule has 0 aliphatic carbocycles. The van der Waals surface area contributed by atoms with Crippen molar-refractivity contribution in [1.82, 2.24) is 9.97 Å². The van der Waals surface area contributed by atoms with Crippen LogP contribution >= 0.6 is 10.7 Å². The lowest BCUT2D eigenvalue weighted by atomic mass is 10.1. The van der Waals surface area contributed by atoms with Gasteiger partial charge in [0.15, 0.2) is 0 Å². The number of hydrogen-bond acceptors (Lipinski definition) is 3. The van der Waals surface area contributed by atoms with E-state index in [0.717, 1.165) is 5.56 Å². The molecule has 0 fully saturated rings. The van der Waals surface area contributed by atoms with Gasteiger partial charge in [0.05, 0.1) is 5.69 Å². The van der Waals surface area contributed by atoms with Crippen LogP contribution < -0.4 is 0 Å². The van der Waals surface area contributed by atoms with Gasteiger partial charge < -0.3 is 4.98 Å². The van der Waals surface area contributed by atoms with Gasteiger partial charge >= 0.3 is 0 Å². The Labute approximate surface area is 114 Å². The number of rotatable bonds is 2. The molecule has 19 heavy (non-hydrogen) atoms. The molecule has 3 rings (SSSR count). The van der Waals surface area contributed by atoms with Gasteiger partial charge in [0.2, 0.25) is 0 Å².